The molecular weight excluding hydrogens is 534 g/mol. The molecule has 0 radical (unpaired) electrons. The first kappa shape index (κ1) is 29.6. The monoisotopic (exact) mass is 569 g/mol. The number of aliphatic imine (C=N–C) groups is 1. The van der Waals surface area contributed by atoms with Crippen LogP contribution < -0.4 is 5.32 Å². The predicted molar refractivity (Wildman–Crippen MR) is 163 cm³/mol. The van der Waals surface area contributed by atoms with Gasteiger partial charge in [0.2, 0.25) is 0 Å². The van der Waals surface area contributed by atoms with Gasteiger partial charge >= 0.3 is 5.97 Å². The van der Waals surface area contributed by atoms with Crippen molar-refractivity contribution in [3.05, 3.63) is 93.7 Å². The zero-order valence-corrected chi connectivity index (χ0v) is 24.3. The minimum atomic E-state index is -0.839. The summed E-state index contributed by atoms with van der Waals surface area (Å²) in [5.41, 5.74) is 3.71. The molecule has 0 bridgehead atoms. The lowest BCUT2D eigenvalue weighted by Gasteiger charge is -2.24. The first-order valence-electron chi connectivity index (χ1n) is 13.6. The van der Waals surface area contributed by atoms with Gasteiger partial charge in [-0.25, -0.2) is 9.79 Å². The van der Waals surface area contributed by atoms with Crippen LogP contribution in [0, 0.1) is 11.3 Å². The maximum Gasteiger partial charge on any atom is 0.328 e. The molecule has 3 aromatic rings. The van der Waals surface area contributed by atoms with Crippen LogP contribution in [-0.4, -0.2) is 61.3 Å². The van der Waals surface area contributed by atoms with Gasteiger partial charge in [0.15, 0.2) is 0 Å². The van der Waals surface area contributed by atoms with Gasteiger partial charge in [-0.1, -0.05) is 55.1 Å². The van der Waals surface area contributed by atoms with E-state index in [0.29, 0.717) is 34.8 Å². The molecule has 1 aliphatic heterocycles. The molecule has 212 valence electrons. The van der Waals surface area contributed by atoms with Crippen molar-refractivity contribution in [1.29, 1.82) is 5.26 Å². The summed E-state index contributed by atoms with van der Waals surface area (Å²) < 4.78 is 4.98. The average Bonchev–Trinajstić information content (AvgIpc) is 3.44. The Hall–Kier alpha value is -4.42. The molecule has 0 spiro atoms. The zero-order valence-electron chi connectivity index (χ0n) is 23.5. The fourth-order valence-corrected chi connectivity index (χ4v) is 5.71. The molecule has 1 aliphatic rings. The third-order valence-electron chi connectivity index (χ3n) is 7.03. The van der Waals surface area contributed by atoms with Crippen molar-refractivity contribution in [3.8, 4) is 6.07 Å². The standard InChI is InChI=1S/C32H35N5O3S/c1-23(36(2)21-26-15-9-8-14-25(26)20-33)30-27(34-22-37-16-10-5-11-17-37)19-29(41-30)31(38)35-28(32(39)40-3)18-24-12-6-4-7-13-24/h4,6-9,12-15,19,22,28H,1,5,10-11,16-18,21H2,2-3H3,(H,35,38). The summed E-state index contributed by atoms with van der Waals surface area (Å²) in [6.45, 7) is 6.69. The number of amides is 1. The van der Waals surface area contributed by atoms with Crippen molar-refractivity contribution >= 4 is 40.9 Å². The van der Waals surface area contributed by atoms with Crippen molar-refractivity contribution in [2.24, 2.45) is 4.99 Å². The number of methoxy groups -OCH3 is 1. The number of rotatable bonds is 11. The molecule has 1 amide bonds. The van der Waals surface area contributed by atoms with Gasteiger partial charge in [-0.3, -0.25) is 4.79 Å². The number of esters is 1. The van der Waals surface area contributed by atoms with Crippen LogP contribution in [0.4, 0.5) is 5.69 Å². The number of nitrogens with one attached hydrogen (secondary N) is 1. The lowest BCUT2D eigenvalue weighted by molar-refractivity contribution is -0.142. The number of nitriles is 1. The molecule has 2 aromatic carbocycles. The van der Waals surface area contributed by atoms with Crippen molar-refractivity contribution in [1.82, 2.24) is 15.1 Å². The van der Waals surface area contributed by atoms with E-state index >= 15 is 0 Å². The second-order valence-corrected chi connectivity index (χ2v) is 11.0. The summed E-state index contributed by atoms with van der Waals surface area (Å²) >= 11 is 1.28. The number of hydrogen-bond donors (Lipinski definition) is 1. The fourth-order valence-electron chi connectivity index (χ4n) is 4.68. The minimum absolute atomic E-state index is 0.311. The van der Waals surface area contributed by atoms with Crippen LogP contribution in [0.3, 0.4) is 0 Å². The Morgan fingerprint density at radius 3 is 2.59 bits per heavy atom. The Balaban J connectivity index is 1.59. The SMILES string of the molecule is C=C(c1sc(C(=O)NC(Cc2ccccc2)C(=O)OC)cc1N=CN1CCCCC1)N(C)Cc1ccccc1C#N. The van der Waals surface area contributed by atoms with E-state index in [0.717, 1.165) is 41.9 Å². The highest BCUT2D eigenvalue weighted by Gasteiger charge is 2.25. The number of carbonyl (C=O) groups excluding carboxylic acids is 2. The smallest absolute Gasteiger partial charge is 0.328 e. The molecule has 1 atom stereocenters. The zero-order chi connectivity index (χ0) is 29.2. The van der Waals surface area contributed by atoms with E-state index < -0.39 is 12.0 Å². The van der Waals surface area contributed by atoms with E-state index in [4.69, 9.17) is 9.73 Å². The lowest BCUT2D eigenvalue weighted by Crippen LogP contribution is -2.42. The van der Waals surface area contributed by atoms with Crippen molar-refractivity contribution in [2.75, 3.05) is 27.2 Å². The summed E-state index contributed by atoms with van der Waals surface area (Å²) in [6.07, 6.45) is 5.62. The molecule has 1 fully saturated rings. The molecule has 0 saturated carbocycles. The molecule has 1 unspecified atom stereocenters. The van der Waals surface area contributed by atoms with Crippen molar-refractivity contribution in [3.63, 3.8) is 0 Å². The molecule has 0 aliphatic carbocycles. The predicted octanol–water partition coefficient (Wildman–Crippen LogP) is 5.38. The number of nitrogens with zero attached hydrogens (tertiary/aromatic N) is 4. The Labute approximate surface area is 245 Å². The molecular formula is C32H35N5O3S. The molecule has 2 heterocycles. The van der Waals surface area contributed by atoms with Gasteiger partial charge in [0, 0.05) is 38.8 Å². The highest BCUT2D eigenvalue weighted by molar-refractivity contribution is 7.15. The summed E-state index contributed by atoms with van der Waals surface area (Å²) in [7, 11) is 3.22. The summed E-state index contributed by atoms with van der Waals surface area (Å²) in [6, 6.07) is 20.1. The van der Waals surface area contributed by atoms with Crippen LogP contribution in [0.15, 0.2) is 72.2 Å². The van der Waals surface area contributed by atoms with Crippen LogP contribution in [0.5, 0.6) is 0 Å². The number of carbonyl (C=O) groups is 2. The third kappa shape index (κ3) is 7.83. The Bertz CT molecular complexity index is 1440. The first-order chi connectivity index (χ1) is 19.9. The van der Waals surface area contributed by atoms with Crippen molar-refractivity contribution in [2.45, 2.75) is 38.3 Å². The summed E-state index contributed by atoms with van der Waals surface area (Å²) in [5, 5.41) is 12.4. The van der Waals surface area contributed by atoms with E-state index in [9.17, 15) is 14.9 Å². The first-order valence-corrected chi connectivity index (χ1v) is 14.4. The molecule has 9 heteroatoms. The molecule has 8 nitrogen and oxygen atoms in total. The summed E-state index contributed by atoms with van der Waals surface area (Å²) in [4.78, 5) is 36.1. The van der Waals surface area contributed by atoms with E-state index in [1.165, 1.54) is 24.9 Å². The number of hydrogen-bond acceptors (Lipinski definition) is 7. The number of piperidine rings is 1. The van der Waals surface area contributed by atoms with Crippen LogP contribution in [-0.2, 0) is 22.5 Å². The van der Waals surface area contributed by atoms with Gasteiger partial charge in [-0.2, -0.15) is 5.26 Å². The Morgan fingerprint density at radius 1 is 1.17 bits per heavy atom. The lowest BCUT2D eigenvalue weighted by atomic mass is 10.1. The number of thiophene rings is 1. The van der Waals surface area contributed by atoms with Gasteiger partial charge in [-0.15, -0.1) is 11.3 Å². The van der Waals surface area contributed by atoms with E-state index in [1.54, 1.807) is 12.1 Å². The maximum absolute atomic E-state index is 13.5. The maximum atomic E-state index is 13.5. The largest absolute Gasteiger partial charge is 0.467 e. The highest BCUT2D eigenvalue weighted by Crippen LogP contribution is 2.36. The van der Waals surface area contributed by atoms with Crippen LogP contribution in [0.1, 0.15) is 50.5 Å². The second-order valence-electron chi connectivity index (χ2n) is 9.98. The highest BCUT2D eigenvalue weighted by atomic mass is 32.1. The molecule has 4 rings (SSSR count). The van der Waals surface area contributed by atoms with Crippen LogP contribution >= 0.6 is 11.3 Å². The molecule has 41 heavy (non-hydrogen) atoms. The topological polar surface area (TPSA) is 98.0 Å². The van der Waals surface area contributed by atoms with Gasteiger partial charge in [0.25, 0.3) is 5.91 Å². The Kier molecular flexibility index (Phi) is 10.3. The number of benzene rings is 2. The number of likely N-dealkylation sites (tertiary alicyclic amines) is 1. The minimum Gasteiger partial charge on any atom is -0.467 e. The van der Waals surface area contributed by atoms with Crippen LogP contribution in [0.25, 0.3) is 5.70 Å². The molecule has 1 N–H and O–H groups in total. The fraction of sp³-hybridized carbons (Fsp3) is 0.312. The van der Waals surface area contributed by atoms with Gasteiger partial charge in [0.05, 0.1) is 40.5 Å². The van der Waals surface area contributed by atoms with Gasteiger partial charge in [0.1, 0.15) is 6.04 Å². The molecule has 1 aromatic heterocycles. The van der Waals surface area contributed by atoms with Crippen molar-refractivity contribution < 1.29 is 14.3 Å². The van der Waals surface area contributed by atoms with Gasteiger partial charge in [-0.05, 0) is 42.5 Å². The van der Waals surface area contributed by atoms with Gasteiger partial charge < -0.3 is 19.9 Å². The van der Waals surface area contributed by atoms with E-state index in [1.807, 2.05) is 66.8 Å². The number of ether oxygens (including phenoxy) is 1. The quantitative estimate of drug-likeness (QED) is 0.189. The average molecular weight is 570 g/mol. The normalized spacial score (nSPS) is 13.8. The van der Waals surface area contributed by atoms with E-state index in [-0.39, 0.29) is 5.91 Å². The van der Waals surface area contributed by atoms with Crippen LogP contribution in [0.2, 0.25) is 0 Å². The third-order valence-corrected chi connectivity index (χ3v) is 8.20. The second kappa shape index (κ2) is 14.3. The molecule has 1 saturated heterocycles. The Morgan fingerprint density at radius 2 is 1.88 bits per heavy atom. The van der Waals surface area contributed by atoms with E-state index in [2.05, 4.69) is 22.9 Å². The summed E-state index contributed by atoms with van der Waals surface area (Å²) in [5.74, 6) is -0.894.